The van der Waals surface area contributed by atoms with Crippen molar-refractivity contribution in [3.05, 3.63) is 53.9 Å². The molecule has 2 N–H and O–H groups in total. The van der Waals surface area contributed by atoms with Gasteiger partial charge in [0.25, 0.3) is 0 Å². The molecule has 4 nitrogen and oxygen atoms in total. The Morgan fingerprint density at radius 1 is 1.17 bits per heavy atom. The Hall–Kier alpha value is -2.33. The van der Waals surface area contributed by atoms with Gasteiger partial charge in [-0.15, -0.1) is 0 Å². The first-order valence-electron chi connectivity index (χ1n) is 8.14. The summed E-state index contributed by atoms with van der Waals surface area (Å²) in [7, 11) is 0. The van der Waals surface area contributed by atoms with E-state index in [2.05, 4.69) is 48.7 Å². The number of hydrogen-bond acceptors (Lipinski definition) is 3. The van der Waals surface area contributed by atoms with E-state index in [9.17, 15) is 0 Å². The van der Waals surface area contributed by atoms with Crippen LogP contribution in [0.3, 0.4) is 0 Å². The molecule has 4 heteroatoms. The summed E-state index contributed by atoms with van der Waals surface area (Å²) in [5, 5.41) is 0. The summed E-state index contributed by atoms with van der Waals surface area (Å²) in [6, 6.07) is 12.3. The Morgan fingerprint density at radius 3 is 2.65 bits per heavy atom. The van der Waals surface area contributed by atoms with Crippen molar-refractivity contribution >= 4 is 5.65 Å². The second-order valence-electron chi connectivity index (χ2n) is 5.70. The van der Waals surface area contributed by atoms with E-state index in [4.69, 9.17) is 15.5 Å². The van der Waals surface area contributed by atoms with Gasteiger partial charge in [-0.1, -0.05) is 13.0 Å². The quantitative estimate of drug-likeness (QED) is 0.757. The van der Waals surface area contributed by atoms with Gasteiger partial charge >= 0.3 is 0 Å². The van der Waals surface area contributed by atoms with Crippen molar-refractivity contribution in [1.82, 2.24) is 9.38 Å². The van der Waals surface area contributed by atoms with Crippen LogP contribution in [0.5, 0.6) is 5.75 Å². The molecule has 1 aromatic carbocycles. The van der Waals surface area contributed by atoms with E-state index in [1.807, 2.05) is 12.1 Å². The number of aromatic nitrogens is 2. The molecule has 23 heavy (non-hydrogen) atoms. The molecule has 0 bridgehead atoms. The third-order valence-corrected chi connectivity index (χ3v) is 3.93. The lowest BCUT2D eigenvalue weighted by Gasteiger charge is -2.07. The summed E-state index contributed by atoms with van der Waals surface area (Å²) in [4.78, 5) is 4.86. The Morgan fingerprint density at radius 2 is 1.96 bits per heavy atom. The first kappa shape index (κ1) is 15.6. The average Bonchev–Trinajstić information content (AvgIpc) is 2.94. The van der Waals surface area contributed by atoms with Crippen molar-refractivity contribution in [3.63, 3.8) is 0 Å². The van der Waals surface area contributed by atoms with E-state index < -0.39 is 0 Å². The van der Waals surface area contributed by atoms with Crippen LogP contribution in [0, 0.1) is 6.92 Å². The molecule has 0 spiro atoms. The Labute approximate surface area is 136 Å². The standard InChI is InChI=1S/C19H23N3O/c1-3-13-23-16-8-6-15(7-9-16)18-17(10-11-20)22-12-4-5-14(2)19(22)21-18/h4-9,12H,3,10-11,13,20H2,1-2H3. The number of rotatable bonds is 6. The van der Waals surface area contributed by atoms with Crippen molar-refractivity contribution < 1.29 is 4.74 Å². The fourth-order valence-corrected chi connectivity index (χ4v) is 2.79. The molecule has 0 aliphatic carbocycles. The maximum absolute atomic E-state index is 5.81. The van der Waals surface area contributed by atoms with Gasteiger partial charge in [0.15, 0.2) is 0 Å². The summed E-state index contributed by atoms with van der Waals surface area (Å²) in [5.41, 5.74) is 11.2. The molecule has 0 atom stereocenters. The second-order valence-corrected chi connectivity index (χ2v) is 5.70. The molecular weight excluding hydrogens is 286 g/mol. The summed E-state index contributed by atoms with van der Waals surface area (Å²) >= 11 is 0. The van der Waals surface area contributed by atoms with Crippen LogP contribution in [0.15, 0.2) is 42.6 Å². The van der Waals surface area contributed by atoms with Crippen LogP contribution in [0.25, 0.3) is 16.9 Å². The minimum atomic E-state index is 0.604. The van der Waals surface area contributed by atoms with Crippen molar-refractivity contribution in [2.75, 3.05) is 13.2 Å². The van der Waals surface area contributed by atoms with Crippen LogP contribution in [0.2, 0.25) is 0 Å². The van der Waals surface area contributed by atoms with E-state index in [1.54, 1.807) is 0 Å². The van der Waals surface area contributed by atoms with Gasteiger partial charge in [-0.25, -0.2) is 4.98 Å². The number of fused-ring (bicyclic) bond motifs is 1. The van der Waals surface area contributed by atoms with Gasteiger partial charge in [0.2, 0.25) is 0 Å². The SMILES string of the molecule is CCCOc1ccc(-c2nc3c(C)cccn3c2CCN)cc1. The Balaban J connectivity index is 2.04. The zero-order valence-corrected chi connectivity index (χ0v) is 13.7. The molecule has 2 heterocycles. The molecule has 0 aliphatic rings. The van der Waals surface area contributed by atoms with Gasteiger partial charge in [-0.05, 0) is 55.8 Å². The fraction of sp³-hybridized carbons (Fsp3) is 0.316. The highest BCUT2D eigenvalue weighted by Gasteiger charge is 2.14. The predicted octanol–water partition coefficient (Wildman–Crippen LogP) is 3.60. The zero-order chi connectivity index (χ0) is 16.2. The average molecular weight is 309 g/mol. The van der Waals surface area contributed by atoms with E-state index in [0.717, 1.165) is 47.8 Å². The number of ether oxygens (including phenoxy) is 1. The van der Waals surface area contributed by atoms with Crippen LogP contribution in [0.4, 0.5) is 0 Å². The lowest BCUT2D eigenvalue weighted by molar-refractivity contribution is 0.317. The maximum atomic E-state index is 5.81. The van der Waals surface area contributed by atoms with Crippen LogP contribution in [0.1, 0.15) is 24.6 Å². The molecule has 0 aliphatic heterocycles. The van der Waals surface area contributed by atoms with E-state index in [-0.39, 0.29) is 0 Å². The maximum Gasteiger partial charge on any atom is 0.140 e. The number of imidazole rings is 1. The second kappa shape index (κ2) is 6.84. The highest BCUT2D eigenvalue weighted by atomic mass is 16.5. The number of hydrogen-bond donors (Lipinski definition) is 1. The topological polar surface area (TPSA) is 52.5 Å². The Bertz CT molecular complexity index is 790. The van der Waals surface area contributed by atoms with E-state index in [0.29, 0.717) is 6.54 Å². The van der Waals surface area contributed by atoms with Gasteiger partial charge < -0.3 is 14.9 Å². The number of nitrogens with two attached hydrogens (primary N) is 1. The monoisotopic (exact) mass is 309 g/mol. The third-order valence-electron chi connectivity index (χ3n) is 3.93. The molecule has 0 unspecified atom stereocenters. The van der Waals surface area contributed by atoms with Crippen molar-refractivity contribution in [1.29, 1.82) is 0 Å². The van der Waals surface area contributed by atoms with Crippen molar-refractivity contribution in [2.24, 2.45) is 5.73 Å². The molecule has 0 amide bonds. The Kier molecular flexibility index (Phi) is 4.63. The van der Waals surface area contributed by atoms with Crippen LogP contribution < -0.4 is 10.5 Å². The largest absolute Gasteiger partial charge is 0.494 e. The van der Waals surface area contributed by atoms with Gasteiger partial charge in [0.05, 0.1) is 18.0 Å². The predicted molar refractivity (Wildman–Crippen MR) is 93.9 cm³/mol. The third kappa shape index (κ3) is 3.08. The summed E-state index contributed by atoms with van der Waals surface area (Å²) < 4.78 is 7.81. The van der Waals surface area contributed by atoms with Gasteiger partial charge in [-0.2, -0.15) is 0 Å². The molecule has 0 fully saturated rings. The molecule has 3 aromatic rings. The zero-order valence-electron chi connectivity index (χ0n) is 13.7. The smallest absolute Gasteiger partial charge is 0.140 e. The summed E-state index contributed by atoms with van der Waals surface area (Å²) in [5.74, 6) is 0.899. The first-order valence-corrected chi connectivity index (χ1v) is 8.14. The number of nitrogens with zero attached hydrogens (tertiary/aromatic N) is 2. The molecule has 0 radical (unpaired) electrons. The molecular formula is C19H23N3O. The number of aryl methyl sites for hydroxylation is 1. The number of benzene rings is 1. The first-order chi connectivity index (χ1) is 11.2. The normalized spacial score (nSPS) is 11.1. The summed E-state index contributed by atoms with van der Waals surface area (Å²) in [6.45, 7) is 5.53. The van der Waals surface area contributed by atoms with E-state index in [1.165, 1.54) is 5.56 Å². The van der Waals surface area contributed by atoms with Crippen LogP contribution in [-0.2, 0) is 6.42 Å². The minimum absolute atomic E-state index is 0.604. The van der Waals surface area contributed by atoms with Gasteiger partial charge in [0, 0.05) is 18.2 Å². The van der Waals surface area contributed by atoms with Crippen LogP contribution in [-0.4, -0.2) is 22.5 Å². The minimum Gasteiger partial charge on any atom is -0.494 e. The lowest BCUT2D eigenvalue weighted by Crippen LogP contribution is -2.06. The fourth-order valence-electron chi connectivity index (χ4n) is 2.79. The van der Waals surface area contributed by atoms with Crippen LogP contribution >= 0.6 is 0 Å². The van der Waals surface area contributed by atoms with E-state index >= 15 is 0 Å². The molecule has 0 saturated heterocycles. The van der Waals surface area contributed by atoms with Crippen molar-refractivity contribution in [3.8, 4) is 17.0 Å². The number of pyridine rings is 1. The molecule has 2 aromatic heterocycles. The lowest BCUT2D eigenvalue weighted by atomic mass is 10.1. The molecule has 0 saturated carbocycles. The van der Waals surface area contributed by atoms with Gasteiger partial charge in [0.1, 0.15) is 11.4 Å². The molecule has 120 valence electrons. The highest BCUT2D eigenvalue weighted by molar-refractivity contribution is 5.68. The summed E-state index contributed by atoms with van der Waals surface area (Å²) in [6.07, 6.45) is 3.87. The highest BCUT2D eigenvalue weighted by Crippen LogP contribution is 2.27. The van der Waals surface area contributed by atoms with Crippen molar-refractivity contribution in [2.45, 2.75) is 26.7 Å². The van der Waals surface area contributed by atoms with Gasteiger partial charge in [-0.3, -0.25) is 0 Å². The molecule has 3 rings (SSSR count).